The topological polar surface area (TPSA) is 95.2 Å². The van der Waals surface area contributed by atoms with E-state index in [-0.39, 0.29) is 12.4 Å². The summed E-state index contributed by atoms with van der Waals surface area (Å²) in [5.74, 6) is -0.393. The Morgan fingerprint density at radius 3 is 2.58 bits per heavy atom. The van der Waals surface area contributed by atoms with Crippen LogP contribution >= 0.6 is 0 Å². The second kappa shape index (κ2) is 5.29. The van der Waals surface area contributed by atoms with Gasteiger partial charge in [-0.05, 0) is 24.3 Å². The second-order valence-electron chi connectivity index (χ2n) is 3.59. The third-order valence-electron chi connectivity index (χ3n) is 2.19. The van der Waals surface area contributed by atoms with Gasteiger partial charge in [-0.3, -0.25) is 0 Å². The van der Waals surface area contributed by atoms with Crippen molar-refractivity contribution in [1.29, 1.82) is 0 Å². The fraction of sp³-hybridized carbons (Fsp3) is 0.0909. The van der Waals surface area contributed by atoms with E-state index in [1.807, 2.05) is 0 Å². The molecule has 1 heterocycles. The minimum Gasteiger partial charge on any atom is -0.484 e. The molecule has 8 heteroatoms. The summed E-state index contributed by atoms with van der Waals surface area (Å²) >= 11 is 0. The van der Waals surface area contributed by atoms with E-state index in [2.05, 4.69) is 9.97 Å². The zero-order chi connectivity index (χ0) is 13.9. The largest absolute Gasteiger partial charge is 0.484 e. The molecule has 0 fully saturated rings. The highest BCUT2D eigenvalue weighted by Crippen LogP contribution is 2.24. The number of benzene rings is 1. The van der Waals surface area contributed by atoms with E-state index in [1.54, 1.807) is 6.07 Å². The van der Waals surface area contributed by atoms with E-state index in [1.165, 1.54) is 18.5 Å². The van der Waals surface area contributed by atoms with Gasteiger partial charge in [-0.25, -0.2) is 27.9 Å². The highest BCUT2D eigenvalue weighted by molar-refractivity contribution is 7.89. The van der Waals surface area contributed by atoms with Crippen LogP contribution in [0.25, 0.3) is 0 Å². The van der Waals surface area contributed by atoms with Crippen LogP contribution in [0, 0.1) is 5.82 Å². The van der Waals surface area contributed by atoms with Gasteiger partial charge in [0.1, 0.15) is 23.1 Å². The Hall–Kier alpha value is -2.06. The minimum atomic E-state index is -4.07. The van der Waals surface area contributed by atoms with Gasteiger partial charge in [0.05, 0.1) is 0 Å². The quantitative estimate of drug-likeness (QED) is 0.897. The maximum atomic E-state index is 13.0. The number of rotatable bonds is 4. The van der Waals surface area contributed by atoms with Crippen molar-refractivity contribution < 1.29 is 17.5 Å². The third-order valence-corrected chi connectivity index (χ3v) is 3.12. The van der Waals surface area contributed by atoms with E-state index >= 15 is 0 Å². The molecule has 0 aliphatic rings. The molecule has 0 spiro atoms. The van der Waals surface area contributed by atoms with E-state index in [0.717, 1.165) is 12.1 Å². The summed E-state index contributed by atoms with van der Waals surface area (Å²) in [5.41, 5.74) is 0. The maximum absolute atomic E-state index is 13.0. The van der Waals surface area contributed by atoms with Crippen molar-refractivity contribution >= 4 is 10.0 Å². The predicted molar refractivity (Wildman–Crippen MR) is 64.1 cm³/mol. The average molecular weight is 283 g/mol. The predicted octanol–water partition coefficient (Wildman–Crippen LogP) is 0.842. The monoisotopic (exact) mass is 283 g/mol. The van der Waals surface area contributed by atoms with Gasteiger partial charge in [0.15, 0.2) is 5.82 Å². The fourth-order valence-corrected chi connectivity index (χ4v) is 2.05. The molecule has 0 unspecified atom stereocenters. The Kier molecular flexibility index (Phi) is 3.72. The normalized spacial score (nSPS) is 11.3. The number of ether oxygens (including phenoxy) is 1. The average Bonchev–Trinajstić information content (AvgIpc) is 2.37. The van der Waals surface area contributed by atoms with Gasteiger partial charge in [0, 0.05) is 12.4 Å². The van der Waals surface area contributed by atoms with E-state index in [4.69, 9.17) is 9.88 Å². The first-order chi connectivity index (χ1) is 8.97. The Bertz CT molecular complexity index is 677. The first-order valence-corrected chi connectivity index (χ1v) is 6.72. The molecule has 2 aromatic rings. The van der Waals surface area contributed by atoms with Crippen LogP contribution in [0.15, 0.2) is 41.6 Å². The second-order valence-corrected chi connectivity index (χ2v) is 5.12. The maximum Gasteiger partial charge on any atom is 0.241 e. The molecular formula is C11H10FN3O3S. The summed E-state index contributed by atoms with van der Waals surface area (Å²) in [6.45, 7) is -0.0466. The Morgan fingerprint density at radius 2 is 1.95 bits per heavy atom. The Morgan fingerprint density at radius 1 is 1.26 bits per heavy atom. The number of nitrogens with zero attached hydrogens (tertiary/aromatic N) is 2. The molecule has 0 amide bonds. The first-order valence-electron chi connectivity index (χ1n) is 5.18. The van der Waals surface area contributed by atoms with E-state index in [0.29, 0.717) is 5.82 Å². The zero-order valence-corrected chi connectivity index (χ0v) is 10.5. The van der Waals surface area contributed by atoms with Crippen molar-refractivity contribution in [3.63, 3.8) is 0 Å². The fourth-order valence-electron chi connectivity index (χ4n) is 1.37. The van der Waals surface area contributed by atoms with Crippen LogP contribution < -0.4 is 9.88 Å². The molecule has 6 nitrogen and oxygen atoms in total. The molecule has 0 atom stereocenters. The Labute approximate surface area is 109 Å². The molecule has 19 heavy (non-hydrogen) atoms. The van der Waals surface area contributed by atoms with Crippen molar-refractivity contribution in [2.45, 2.75) is 11.5 Å². The molecule has 2 N–H and O–H groups in total. The van der Waals surface area contributed by atoms with Gasteiger partial charge in [-0.1, -0.05) is 0 Å². The molecule has 0 radical (unpaired) electrons. The first kappa shape index (κ1) is 13.4. The smallest absolute Gasteiger partial charge is 0.241 e. The molecule has 2 rings (SSSR count). The number of hydrogen-bond acceptors (Lipinski definition) is 5. The van der Waals surface area contributed by atoms with Gasteiger partial charge in [-0.15, -0.1) is 0 Å². The lowest BCUT2D eigenvalue weighted by molar-refractivity contribution is 0.287. The van der Waals surface area contributed by atoms with E-state index < -0.39 is 20.7 Å². The summed E-state index contributed by atoms with van der Waals surface area (Å²) in [4.78, 5) is 7.41. The summed E-state index contributed by atoms with van der Waals surface area (Å²) in [6.07, 6.45) is 3.05. The SMILES string of the molecule is NS(=O)(=O)c1cc(F)ccc1OCc1ncccn1. The van der Waals surface area contributed by atoms with Crippen LogP contribution in [0.4, 0.5) is 4.39 Å². The zero-order valence-electron chi connectivity index (χ0n) is 9.65. The molecule has 1 aromatic heterocycles. The standard InChI is InChI=1S/C11H10FN3O3S/c12-8-2-3-9(10(6-8)19(13,16)17)18-7-11-14-4-1-5-15-11/h1-6H,7H2,(H2,13,16,17). The molecule has 0 aliphatic heterocycles. The molecule has 0 bridgehead atoms. The molecule has 0 saturated carbocycles. The number of primary sulfonamides is 1. The lowest BCUT2D eigenvalue weighted by Crippen LogP contribution is -2.14. The highest BCUT2D eigenvalue weighted by Gasteiger charge is 2.16. The summed E-state index contributed by atoms with van der Waals surface area (Å²) < 4.78 is 40.9. The van der Waals surface area contributed by atoms with Gasteiger partial charge in [0.25, 0.3) is 0 Å². The molecule has 0 saturated heterocycles. The summed E-state index contributed by atoms with van der Waals surface area (Å²) in [7, 11) is -4.07. The van der Waals surface area contributed by atoms with Crippen molar-refractivity contribution in [2.75, 3.05) is 0 Å². The lowest BCUT2D eigenvalue weighted by atomic mass is 10.3. The van der Waals surface area contributed by atoms with Gasteiger partial charge >= 0.3 is 0 Å². The van der Waals surface area contributed by atoms with Gasteiger partial charge < -0.3 is 4.74 Å². The number of aromatic nitrogens is 2. The minimum absolute atomic E-state index is 0.0450. The van der Waals surface area contributed by atoms with Crippen LogP contribution in [0.2, 0.25) is 0 Å². The number of nitrogens with two attached hydrogens (primary N) is 1. The van der Waals surface area contributed by atoms with Crippen LogP contribution in [-0.4, -0.2) is 18.4 Å². The van der Waals surface area contributed by atoms with Crippen LogP contribution in [0.1, 0.15) is 5.82 Å². The van der Waals surface area contributed by atoms with Crippen LogP contribution in [-0.2, 0) is 16.6 Å². The molecule has 100 valence electrons. The number of hydrogen-bond donors (Lipinski definition) is 1. The summed E-state index contributed by atoms with van der Waals surface area (Å²) in [6, 6.07) is 4.71. The number of halogens is 1. The van der Waals surface area contributed by atoms with Crippen LogP contribution in [0.5, 0.6) is 5.75 Å². The van der Waals surface area contributed by atoms with Gasteiger partial charge in [-0.2, -0.15) is 0 Å². The Balaban J connectivity index is 2.26. The van der Waals surface area contributed by atoms with Crippen molar-refractivity contribution in [3.8, 4) is 5.75 Å². The van der Waals surface area contributed by atoms with Crippen molar-refractivity contribution in [2.24, 2.45) is 5.14 Å². The van der Waals surface area contributed by atoms with Crippen molar-refractivity contribution in [1.82, 2.24) is 9.97 Å². The molecule has 0 aliphatic carbocycles. The highest BCUT2D eigenvalue weighted by atomic mass is 32.2. The lowest BCUT2D eigenvalue weighted by Gasteiger charge is -2.09. The molecular weight excluding hydrogens is 273 g/mol. The van der Waals surface area contributed by atoms with Crippen LogP contribution in [0.3, 0.4) is 0 Å². The summed E-state index contributed by atoms with van der Waals surface area (Å²) in [5, 5.41) is 4.99. The van der Waals surface area contributed by atoms with Gasteiger partial charge in [0.2, 0.25) is 10.0 Å². The van der Waals surface area contributed by atoms with Crippen molar-refractivity contribution in [3.05, 3.63) is 48.3 Å². The van der Waals surface area contributed by atoms with E-state index in [9.17, 15) is 12.8 Å². The number of sulfonamides is 1. The third kappa shape index (κ3) is 3.46. The molecule has 1 aromatic carbocycles.